The Morgan fingerprint density at radius 1 is 1.50 bits per heavy atom. The highest BCUT2D eigenvalue weighted by Gasteiger charge is 2.30. The highest BCUT2D eigenvalue weighted by Crippen LogP contribution is 2.32. The summed E-state index contributed by atoms with van der Waals surface area (Å²) in [6.45, 7) is 9.47. The summed E-state index contributed by atoms with van der Waals surface area (Å²) in [5.74, 6) is 0. The zero-order valence-electron chi connectivity index (χ0n) is 12.0. The maximum absolute atomic E-state index is 12.3. The van der Waals surface area contributed by atoms with Gasteiger partial charge in [0.25, 0.3) is 0 Å². The molecule has 2 atom stereocenters. The van der Waals surface area contributed by atoms with Crippen molar-refractivity contribution in [2.75, 3.05) is 0 Å². The summed E-state index contributed by atoms with van der Waals surface area (Å²) >= 11 is 11.0. The van der Waals surface area contributed by atoms with Crippen LogP contribution in [-0.2, 0) is 11.4 Å². The van der Waals surface area contributed by atoms with E-state index in [-0.39, 0.29) is 15.9 Å². The van der Waals surface area contributed by atoms with E-state index in [0.717, 1.165) is 18.4 Å². The molecule has 1 N–H and O–H groups in total. The molecule has 1 heterocycles. The highest BCUT2D eigenvalue weighted by molar-refractivity contribution is 7.90. The summed E-state index contributed by atoms with van der Waals surface area (Å²) in [6, 6.07) is 1.65. The van der Waals surface area contributed by atoms with Crippen LogP contribution < -0.4 is 4.72 Å². The maximum Gasteiger partial charge on any atom is 0.147 e. The molecular formula is C14H20Cl2N2OS. The van der Waals surface area contributed by atoms with Crippen molar-refractivity contribution in [3.8, 4) is 0 Å². The number of aromatic nitrogens is 1. The molecule has 1 rings (SSSR count). The van der Waals surface area contributed by atoms with Gasteiger partial charge in [0.05, 0.1) is 11.1 Å². The summed E-state index contributed by atoms with van der Waals surface area (Å²) in [5, 5.41) is 0.665. The molecule has 0 aliphatic heterocycles. The first-order valence-electron chi connectivity index (χ1n) is 6.36. The van der Waals surface area contributed by atoms with Gasteiger partial charge in [0, 0.05) is 17.6 Å². The van der Waals surface area contributed by atoms with E-state index in [2.05, 4.69) is 16.3 Å². The van der Waals surface area contributed by atoms with Gasteiger partial charge in [-0.2, -0.15) is 0 Å². The lowest BCUT2D eigenvalue weighted by Crippen LogP contribution is -2.41. The zero-order chi connectivity index (χ0) is 15.3. The highest BCUT2D eigenvalue weighted by atomic mass is 35.5. The lowest BCUT2D eigenvalue weighted by molar-refractivity contribution is 0.513. The van der Waals surface area contributed by atoms with Crippen molar-refractivity contribution in [3.63, 3.8) is 0 Å². The molecule has 0 radical (unpaired) electrons. The minimum atomic E-state index is -1.19. The Kier molecular flexibility index (Phi) is 6.82. The topological polar surface area (TPSA) is 48.0 Å². The molecule has 0 spiro atoms. The van der Waals surface area contributed by atoms with Gasteiger partial charge in [-0.3, -0.25) is 0 Å². The molecule has 3 nitrogen and oxygen atoms in total. The molecule has 0 bridgehead atoms. The number of nitrogens with zero attached hydrogens (tertiary/aromatic N) is 1. The third kappa shape index (κ3) is 4.93. The molecule has 6 heteroatoms. The number of rotatable bonds is 6. The van der Waals surface area contributed by atoms with Crippen LogP contribution in [0.5, 0.6) is 0 Å². The fraction of sp³-hybridized carbons (Fsp3) is 0.500. The number of hydrogen-bond donors (Lipinski definition) is 1. The van der Waals surface area contributed by atoms with Crippen molar-refractivity contribution in [3.05, 3.63) is 40.7 Å². The predicted molar refractivity (Wildman–Crippen MR) is 87.5 cm³/mol. The smallest absolute Gasteiger partial charge is 0.147 e. The quantitative estimate of drug-likeness (QED) is 0.475. The van der Waals surface area contributed by atoms with E-state index in [1.807, 2.05) is 26.8 Å². The summed E-state index contributed by atoms with van der Waals surface area (Å²) in [6.07, 6.45) is 4.96. The summed E-state index contributed by atoms with van der Waals surface area (Å²) in [4.78, 5) is 3.94. The van der Waals surface area contributed by atoms with E-state index >= 15 is 0 Å². The van der Waals surface area contributed by atoms with Crippen LogP contribution in [0.25, 0.3) is 0 Å². The Balaban J connectivity index is 3.00. The minimum Gasteiger partial charge on any atom is -0.598 e. The molecule has 0 amide bonds. The molecular weight excluding hydrogens is 315 g/mol. The van der Waals surface area contributed by atoms with Gasteiger partial charge in [0.2, 0.25) is 0 Å². The fourth-order valence-electron chi connectivity index (χ4n) is 1.57. The average Bonchev–Trinajstić information content (AvgIpc) is 2.36. The van der Waals surface area contributed by atoms with Gasteiger partial charge in [-0.05, 0) is 45.2 Å². The van der Waals surface area contributed by atoms with E-state index in [9.17, 15) is 4.55 Å². The minimum absolute atomic E-state index is 0.152. The predicted octanol–water partition coefficient (Wildman–Crippen LogP) is 4.45. The number of halogens is 2. The Hall–Kier alpha value is -0.260. The molecule has 0 aromatic carbocycles. The molecule has 112 valence electrons. The molecule has 1 aromatic heterocycles. The Morgan fingerprint density at radius 2 is 2.15 bits per heavy atom. The van der Waals surface area contributed by atoms with Crippen molar-refractivity contribution in [2.45, 2.75) is 44.4 Å². The third-order valence-electron chi connectivity index (χ3n) is 2.72. The molecule has 0 fully saturated rings. The van der Waals surface area contributed by atoms with Crippen LogP contribution in [0.1, 0.15) is 45.2 Å². The Labute approximate surface area is 134 Å². The van der Waals surface area contributed by atoms with Gasteiger partial charge >= 0.3 is 0 Å². The molecule has 0 aliphatic carbocycles. The number of hydrogen-bond acceptors (Lipinski definition) is 3. The van der Waals surface area contributed by atoms with Gasteiger partial charge in [0.1, 0.15) is 9.90 Å². The van der Waals surface area contributed by atoms with Crippen molar-refractivity contribution >= 4 is 34.6 Å². The summed E-state index contributed by atoms with van der Waals surface area (Å²) < 4.78 is 15.1. The lowest BCUT2D eigenvalue weighted by Gasteiger charge is -2.28. The van der Waals surface area contributed by atoms with E-state index in [0.29, 0.717) is 5.02 Å². The summed E-state index contributed by atoms with van der Waals surface area (Å²) in [5.41, 5.74) is 0.811. The molecule has 0 saturated carbocycles. The Morgan fingerprint density at radius 3 is 2.70 bits per heavy atom. The van der Waals surface area contributed by atoms with E-state index in [4.69, 9.17) is 23.2 Å². The molecule has 0 aliphatic rings. The first kappa shape index (κ1) is 17.8. The molecule has 1 unspecified atom stereocenters. The van der Waals surface area contributed by atoms with Crippen molar-refractivity contribution < 1.29 is 4.55 Å². The van der Waals surface area contributed by atoms with Crippen LogP contribution in [0, 0.1) is 0 Å². The van der Waals surface area contributed by atoms with Crippen LogP contribution in [-0.4, -0.2) is 14.3 Å². The van der Waals surface area contributed by atoms with Gasteiger partial charge in [-0.15, -0.1) is 11.3 Å². The van der Waals surface area contributed by atoms with Crippen molar-refractivity contribution in [2.24, 2.45) is 0 Å². The second kappa shape index (κ2) is 7.66. The number of pyridine rings is 1. The normalized spacial score (nSPS) is 14.9. The van der Waals surface area contributed by atoms with Gasteiger partial charge in [-0.1, -0.05) is 29.3 Å². The van der Waals surface area contributed by atoms with Gasteiger partial charge in [0.15, 0.2) is 0 Å². The number of allylic oxidation sites excluding steroid dienone is 1. The third-order valence-corrected chi connectivity index (χ3v) is 5.11. The first-order valence-corrected chi connectivity index (χ1v) is 8.26. The van der Waals surface area contributed by atoms with Crippen LogP contribution in [0.3, 0.4) is 0 Å². The van der Waals surface area contributed by atoms with Crippen molar-refractivity contribution in [1.82, 2.24) is 9.71 Å². The average molecular weight is 335 g/mol. The standard InChI is InChI=1S/C14H20Cl2N2OS/c1-5-6-7-11(18-20(19)14(2,3)4)10-8-9-17-13(16)12(10)15/h5,8-9,11,18H,1,6-7H2,2-4H3/t11-,20?/m0/s1. The summed E-state index contributed by atoms with van der Waals surface area (Å²) in [7, 11) is 0. The SMILES string of the molecule is C=CCC[C@H](N[S+]([O-])C(C)(C)C)c1ccnc(Cl)c1Cl. The lowest BCUT2D eigenvalue weighted by atomic mass is 10.0. The van der Waals surface area contributed by atoms with Gasteiger partial charge in [-0.25, -0.2) is 4.98 Å². The fourth-order valence-corrected chi connectivity index (χ4v) is 2.84. The second-order valence-electron chi connectivity index (χ2n) is 5.42. The Bertz CT molecular complexity index is 463. The largest absolute Gasteiger partial charge is 0.598 e. The number of nitrogens with one attached hydrogen (secondary N) is 1. The van der Waals surface area contributed by atoms with E-state index in [1.165, 1.54) is 0 Å². The molecule has 0 saturated heterocycles. The maximum atomic E-state index is 12.3. The monoisotopic (exact) mass is 334 g/mol. The van der Waals surface area contributed by atoms with E-state index in [1.54, 1.807) is 12.3 Å². The van der Waals surface area contributed by atoms with Gasteiger partial charge < -0.3 is 4.55 Å². The molecule has 20 heavy (non-hydrogen) atoms. The van der Waals surface area contributed by atoms with Crippen LogP contribution >= 0.6 is 23.2 Å². The zero-order valence-corrected chi connectivity index (χ0v) is 14.3. The van der Waals surface area contributed by atoms with Crippen molar-refractivity contribution in [1.29, 1.82) is 0 Å². The van der Waals surface area contributed by atoms with Crippen LogP contribution in [0.15, 0.2) is 24.9 Å². The van der Waals surface area contributed by atoms with E-state index < -0.39 is 11.4 Å². The first-order chi connectivity index (χ1) is 9.27. The molecule has 1 aromatic rings. The second-order valence-corrected chi connectivity index (χ2v) is 8.16. The van der Waals surface area contributed by atoms with Crippen LogP contribution in [0.2, 0.25) is 10.2 Å². The van der Waals surface area contributed by atoms with Crippen LogP contribution in [0.4, 0.5) is 0 Å².